The van der Waals surface area contributed by atoms with E-state index in [1.54, 1.807) is 0 Å². The van der Waals surface area contributed by atoms with Crippen LogP contribution in [-0.4, -0.2) is 23.9 Å². The highest BCUT2D eigenvalue weighted by Crippen LogP contribution is 2.18. The molecule has 23 heavy (non-hydrogen) atoms. The summed E-state index contributed by atoms with van der Waals surface area (Å²) in [6.45, 7) is 16.9. The number of amides is 1. The molecule has 1 heterocycles. The Balaban J connectivity index is 0.000000231. The summed E-state index contributed by atoms with van der Waals surface area (Å²) in [6, 6.07) is 6.74. The summed E-state index contributed by atoms with van der Waals surface area (Å²) in [5, 5.41) is 0. The van der Waals surface area contributed by atoms with Crippen molar-refractivity contribution in [3.63, 3.8) is 0 Å². The van der Waals surface area contributed by atoms with E-state index in [-0.39, 0.29) is 5.92 Å². The Morgan fingerprint density at radius 3 is 1.87 bits per heavy atom. The lowest BCUT2D eigenvalue weighted by molar-refractivity contribution is -0.135. The van der Waals surface area contributed by atoms with E-state index in [1.165, 1.54) is 29.5 Å². The molecular weight excluding hydrogens is 282 g/mol. The third-order valence-corrected chi connectivity index (χ3v) is 4.50. The van der Waals surface area contributed by atoms with Crippen LogP contribution in [0.3, 0.4) is 0 Å². The van der Waals surface area contributed by atoms with Gasteiger partial charge in [-0.2, -0.15) is 0 Å². The summed E-state index contributed by atoms with van der Waals surface area (Å²) in [5.74, 6) is 1.94. The van der Waals surface area contributed by atoms with Crippen molar-refractivity contribution in [2.45, 2.75) is 67.2 Å². The van der Waals surface area contributed by atoms with Crippen LogP contribution in [0.15, 0.2) is 18.2 Å². The van der Waals surface area contributed by atoms with Gasteiger partial charge in [-0.1, -0.05) is 63.9 Å². The van der Waals surface area contributed by atoms with Crippen molar-refractivity contribution < 1.29 is 4.79 Å². The van der Waals surface area contributed by atoms with Gasteiger partial charge in [0.2, 0.25) is 5.91 Å². The molecule has 0 aliphatic carbocycles. The number of nitrogens with zero attached hydrogens (tertiary/aromatic N) is 1. The molecule has 0 unspecified atom stereocenters. The zero-order valence-corrected chi connectivity index (χ0v) is 16.1. The van der Waals surface area contributed by atoms with Gasteiger partial charge in [-0.25, -0.2) is 0 Å². The zero-order chi connectivity index (χ0) is 17.6. The number of carbonyl (C=O) groups is 1. The summed E-state index contributed by atoms with van der Waals surface area (Å²) < 4.78 is 0. The highest BCUT2D eigenvalue weighted by Gasteiger charge is 2.21. The number of aryl methyl sites for hydroxylation is 2. The minimum Gasteiger partial charge on any atom is -0.342 e. The molecule has 1 aromatic rings. The largest absolute Gasteiger partial charge is 0.342 e. The maximum atomic E-state index is 11.5. The van der Waals surface area contributed by atoms with Crippen molar-refractivity contribution in [3.05, 3.63) is 34.9 Å². The average molecular weight is 318 g/mol. The van der Waals surface area contributed by atoms with Gasteiger partial charge in [0.05, 0.1) is 0 Å². The molecule has 1 amide bonds. The lowest BCUT2D eigenvalue weighted by Gasteiger charge is -2.31. The Labute approximate surface area is 143 Å². The first-order valence-corrected chi connectivity index (χ1v) is 9.07. The molecule has 2 heteroatoms. The smallest absolute Gasteiger partial charge is 0.225 e. The molecule has 1 aromatic carbocycles. The molecule has 1 saturated heterocycles. The van der Waals surface area contributed by atoms with Gasteiger partial charge < -0.3 is 4.90 Å². The Morgan fingerprint density at radius 1 is 1.00 bits per heavy atom. The number of hydrogen-bond donors (Lipinski definition) is 0. The third-order valence-electron chi connectivity index (χ3n) is 4.50. The molecule has 0 bridgehead atoms. The number of rotatable bonds is 2. The summed E-state index contributed by atoms with van der Waals surface area (Å²) >= 11 is 0. The first kappa shape index (κ1) is 19.7. The first-order valence-electron chi connectivity index (χ1n) is 9.07. The fourth-order valence-electron chi connectivity index (χ4n) is 2.94. The fourth-order valence-corrected chi connectivity index (χ4v) is 2.94. The van der Waals surface area contributed by atoms with Gasteiger partial charge in [-0.15, -0.1) is 0 Å². The van der Waals surface area contributed by atoms with Crippen LogP contribution in [0.25, 0.3) is 0 Å². The van der Waals surface area contributed by atoms with E-state index >= 15 is 0 Å². The number of hydrogen-bond acceptors (Lipinski definition) is 1. The lowest BCUT2D eigenvalue weighted by atomic mass is 9.98. The van der Waals surface area contributed by atoms with Crippen LogP contribution in [0.4, 0.5) is 0 Å². The second kappa shape index (κ2) is 9.10. The van der Waals surface area contributed by atoms with Gasteiger partial charge in [0.25, 0.3) is 0 Å². The van der Waals surface area contributed by atoms with Gasteiger partial charge in [-0.3, -0.25) is 4.79 Å². The van der Waals surface area contributed by atoms with Crippen LogP contribution < -0.4 is 0 Å². The highest BCUT2D eigenvalue weighted by atomic mass is 16.2. The predicted octanol–water partition coefficient (Wildman–Crippen LogP) is 5.33. The molecule has 0 N–H and O–H groups in total. The molecule has 1 fully saturated rings. The first-order chi connectivity index (χ1) is 10.7. The van der Waals surface area contributed by atoms with E-state index in [9.17, 15) is 4.79 Å². The highest BCUT2D eigenvalue weighted by molar-refractivity contribution is 5.78. The van der Waals surface area contributed by atoms with Gasteiger partial charge in [0, 0.05) is 19.0 Å². The fraction of sp³-hybridized carbons (Fsp3) is 0.667. The Bertz CT molecular complexity index is 476. The molecule has 0 spiro atoms. The van der Waals surface area contributed by atoms with Crippen LogP contribution in [0, 0.1) is 25.7 Å². The van der Waals surface area contributed by atoms with Crippen molar-refractivity contribution in [2.75, 3.05) is 13.1 Å². The van der Waals surface area contributed by atoms with Crippen molar-refractivity contribution >= 4 is 5.91 Å². The molecule has 0 radical (unpaired) electrons. The van der Waals surface area contributed by atoms with Crippen LogP contribution >= 0.6 is 0 Å². The predicted molar refractivity (Wildman–Crippen MR) is 99.8 cm³/mol. The van der Waals surface area contributed by atoms with Gasteiger partial charge in [0.15, 0.2) is 0 Å². The summed E-state index contributed by atoms with van der Waals surface area (Å²) in [7, 11) is 0. The van der Waals surface area contributed by atoms with Crippen LogP contribution in [0.5, 0.6) is 0 Å². The molecule has 0 aromatic heterocycles. The van der Waals surface area contributed by atoms with Gasteiger partial charge in [0.1, 0.15) is 0 Å². The molecule has 0 saturated carbocycles. The van der Waals surface area contributed by atoms with E-state index in [2.05, 4.69) is 52.8 Å². The van der Waals surface area contributed by atoms with Crippen molar-refractivity contribution in [3.8, 4) is 0 Å². The van der Waals surface area contributed by atoms with Crippen LogP contribution in [0.2, 0.25) is 0 Å². The van der Waals surface area contributed by atoms with Gasteiger partial charge >= 0.3 is 0 Å². The minimum absolute atomic E-state index is 0.165. The lowest BCUT2D eigenvalue weighted by Crippen LogP contribution is -2.40. The maximum Gasteiger partial charge on any atom is 0.225 e. The van der Waals surface area contributed by atoms with Crippen molar-refractivity contribution in [2.24, 2.45) is 11.8 Å². The van der Waals surface area contributed by atoms with Crippen LogP contribution in [0.1, 0.15) is 70.1 Å². The van der Waals surface area contributed by atoms with Crippen molar-refractivity contribution in [1.82, 2.24) is 4.90 Å². The molecule has 1 aliphatic rings. The van der Waals surface area contributed by atoms with E-state index < -0.39 is 0 Å². The summed E-state index contributed by atoms with van der Waals surface area (Å²) in [6.07, 6.45) is 2.36. The second-order valence-corrected chi connectivity index (χ2v) is 7.74. The second-order valence-electron chi connectivity index (χ2n) is 7.74. The minimum atomic E-state index is 0.165. The average Bonchev–Trinajstić information content (AvgIpc) is 2.47. The summed E-state index contributed by atoms with van der Waals surface area (Å²) in [5.41, 5.74) is 4.19. The standard InChI is InChI=1S/C11H16.C10H19NO/c1-8(2)11-6-9(3)5-10(4)7-11;1-8(2)10(12)11-6-4-9(3)5-7-11/h5-8H,1-4H3;8-9H,4-7H2,1-3H3. The molecule has 130 valence electrons. The van der Waals surface area contributed by atoms with E-state index in [1.807, 2.05) is 18.7 Å². The van der Waals surface area contributed by atoms with Crippen molar-refractivity contribution in [1.29, 1.82) is 0 Å². The Morgan fingerprint density at radius 2 is 1.48 bits per heavy atom. The molecule has 2 nitrogen and oxygen atoms in total. The molecule has 1 aliphatic heterocycles. The normalized spacial score (nSPS) is 15.6. The topological polar surface area (TPSA) is 20.3 Å². The maximum absolute atomic E-state index is 11.5. The number of carbonyl (C=O) groups excluding carboxylic acids is 1. The molecule has 0 atom stereocenters. The van der Waals surface area contributed by atoms with E-state index in [0.717, 1.165) is 19.0 Å². The van der Waals surface area contributed by atoms with E-state index in [0.29, 0.717) is 11.8 Å². The Kier molecular flexibility index (Phi) is 7.81. The molecule has 2 rings (SSSR count). The molecular formula is C21H35NO. The Hall–Kier alpha value is -1.31. The number of piperidine rings is 1. The zero-order valence-electron chi connectivity index (χ0n) is 16.1. The number of likely N-dealkylation sites (tertiary alicyclic amines) is 1. The van der Waals surface area contributed by atoms with Gasteiger partial charge in [-0.05, 0) is 44.1 Å². The third kappa shape index (κ3) is 6.76. The summed E-state index contributed by atoms with van der Waals surface area (Å²) in [4.78, 5) is 13.5. The van der Waals surface area contributed by atoms with Crippen LogP contribution in [-0.2, 0) is 4.79 Å². The van der Waals surface area contributed by atoms with E-state index in [4.69, 9.17) is 0 Å². The number of benzene rings is 1. The SMILES string of the molecule is CC1CCN(C(=O)C(C)C)CC1.Cc1cc(C)cc(C(C)C)c1. The monoisotopic (exact) mass is 317 g/mol. The quantitative estimate of drug-likeness (QED) is 0.722.